The molecule has 42 heavy (non-hydrogen) atoms. The van der Waals surface area contributed by atoms with E-state index in [2.05, 4.69) is 42.1 Å². The van der Waals surface area contributed by atoms with Crippen molar-refractivity contribution in [2.45, 2.75) is 32.1 Å². The first-order valence-corrected chi connectivity index (χ1v) is 14.0. The molecule has 1 saturated heterocycles. The monoisotopic (exact) mass is 555 g/mol. The van der Waals surface area contributed by atoms with Crippen molar-refractivity contribution in [3.05, 3.63) is 78.9 Å². The van der Waals surface area contributed by atoms with Gasteiger partial charge in [0.05, 0.1) is 40.8 Å². The van der Waals surface area contributed by atoms with Crippen LogP contribution in [-0.4, -0.2) is 59.6 Å². The Balaban J connectivity index is 1.28. The van der Waals surface area contributed by atoms with E-state index in [0.29, 0.717) is 18.1 Å². The summed E-state index contributed by atoms with van der Waals surface area (Å²) < 4.78 is 4.01. The number of aromatic nitrogens is 6. The number of nitrogens with one attached hydrogen (secondary N) is 1. The van der Waals surface area contributed by atoms with E-state index >= 15 is 0 Å². The molecule has 1 N–H and O–H groups in total. The number of hydrogen-bond acceptors (Lipinski definition) is 7. The minimum absolute atomic E-state index is 0.0409. The van der Waals surface area contributed by atoms with Crippen LogP contribution in [0, 0.1) is 11.3 Å². The molecule has 208 valence electrons. The predicted molar refractivity (Wildman–Crippen MR) is 161 cm³/mol. The fraction of sp³-hybridized carbons (Fsp3) is 0.250. The third-order valence-corrected chi connectivity index (χ3v) is 8.09. The van der Waals surface area contributed by atoms with Gasteiger partial charge in [-0.3, -0.25) is 23.6 Å². The number of hydrogen-bond donors (Lipinski definition) is 1. The summed E-state index contributed by atoms with van der Waals surface area (Å²) in [6.45, 7) is 6.16. The standard InChI is InChI=1S/C32H29N9O/c1-32(2,19-33)23-7-9-24(10-8-23)41-30-25-15-21(5-11-26(25)34-17-27(30)40-20-36-38-31(40)41)22-6-12-28(35-16-22)37-29(42)18-39-13-3-4-14-39/h5-12,15-17,20H,3-4,13-14,18H2,1-2H3,(H,35,37,42). The Hall–Kier alpha value is -5.14. The smallest absolute Gasteiger partial charge is 0.241 e. The molecule has 0 atom stereocenters. The fourth-order valence-corrected chi connectivity index (χ4v) is 5.71. The molecule has 4 aromatic heterocycles. The molecule has 10 nitrogen and oxygen atoms in total. The minimum Gasteiger partial charge on any atom is -0.310 e. The van der Waals surface area contributed by atoms with E-state index in [9.17, 15) is 10.1 Å². The van der Waals surface area contributed by atoms with E-state index < -0.39 is 5.41 Å². The molecule has 0 aliphatic carbocycles. The number of rotatable bonds is 6. The average Bonchev–Trinajstić information content (AvgIpc) is 3.76. The lowest BCUT2D eigenvalue weighted by molar-refractivity contribution is -0.117. The van der Waals surface area contributed by atoms with E-state index in [0.717, 1.165) is 70.2 Å². The van der Waals surface area contributed by atoms with Gasteiger partial charge in [-0.15, -0.1) is 10.2 Å². The van der Waals surface area contributed by atoms with Crippen LogP contribution in [0.15, 0.2) is 73.3 Å². The number of anilines is 1. The number of fused-ring (bicyclic) bond motifs is 5. The molecule has 0 spiro atoms. The summed E-state index contributed by atoms with van der Waals surface area (Å²) in [5.41, 5.74) is 5.87. The first-order chi connectivity index (χ1) is 20.4. The van der Waals surface area contributed by atoms with Crippen molar-refractivity contribution >= 4 is 39.4 Å². The van der Waals surface area contributed by atoms with Gasteiger partial charge in [0.1, 0.15) is 12.1 Å². The number of carbonyl (C=O) groups is 1. The van der Waals surface area contributed by atoms with Crippen LogP contribution in [0.3, 0.4) is 0 Å². The molecule has 0 saturated carbocycles. The maximum atomic E-state index is 12.4. The number of imidazole rings is 1. The zero-order valence-electron chi connectivity index (χ0n) is 23.4. The van der Waals surface area contributed by atoms with Crippen molar-refractivity contribution in [1.82, 2.24) is 34.0 Å². The van der Waals surface area contributed by atoms with E-state index in [1.54, 1.807) is 12.5 Å². The second-order valence-corrected chi connectivity index (χ2v) is 11.3. The number of amides is 1. The molecule has 6 aromatic rings. The van der Waals surface area contributed by atoms with Gasteiger partial charge in [-0.25, -0.2) is 4.98 Å². The molecule has 0 bridgehead atoms. The normalized spacial score (nSPS) is 14.1. The molecule has 1 fully saturated rings. The largest absolute Gasteiger partial charge is 0.310 e. The van der Waals surface area contributed by atoms with Crippen molar-refractivity contribution in [2.24, 2.45) is 0 Å². The highest BCUT2D eigenvalue weighted by atomic mass is 16.2. The topological polar surface area (TPSA) is 117 Å². The summed E-state index contributed by atoms with van der Waals surface area (Å²) in [6, 6.07) is 20.3. The summed E-state index contributed by atoms with van der Waals surface area (Å²) in [7, 11) is 0. The SMILES string of the molecule is CC(C)(C#N)c1ccc(-n2c3c4cc(-c5ccc(NC(=O)CN6CCCC6)nc5)ccc4ncc3n3cnnc23)cc1. The number of nitrogens with zero attached hydrogens (tertiary/aromatic N) is 8. The highest BCUT2D eigenvalue weighted by molar-refractivity contribution is 6.06. The molecule has 2 aromatic carbocycles. The van der Waals surface area contributed by atoms with E-state index in [-0.39, 0.29) is 5.91 Å². The van der Waals surface area contributed by atoms with Crippen LogP contribution in [0.4, 0.5) is 5.82 Å². The second kappa shape index (κ2) is 10.0. The highest BCUT2D eigenvalue weighted by Crippen LogP contribution is 2.33. The molecule has 1 aliphatic rings. The predicted octanol–water partition coefficient (Wildman–Crippen LogP) is 5.12. The summed E-state index contributed by atoms with van der Waals surface area (Å²) in [4.78, 5) is 23.9. The Kier molecular flexibility index (Phi) is 6.17. The van der Waals surface area contributed by atoms with Crippen molar-refractivity contribution in [2.75, 3.05) is 25.0 Å². The van der Waals surface area contributed by atoms with Crippen LogP contribution in [0.5, 0.6) is 0 Å². The van der Waals surface area contributed by atoms with Crippen LogP contribution in [0.1, 0.15) is 32.3 Å². The zero-order valence-corrected chi connectivity index (χ0v) is 23.4. The number of nitriles is 1. The summed E-state index contributed by atoms with van der Waals surface area (Å²) in [5.74, 6) is 1.17. The van der Waals surface area contributed by atoms with Gasteiger partial charge in [0, 0.05) is 22.8 Å². The van der Waals surface area contributed by atoms with Crippen LogP contribution in [0.25, 0.3) is 44.5 Å². The second-order valence-electron chi connectivity index (χ2n) is 11.3. The summed E-state index contributed by atoms with van der Waals surface area (Å²) in [6.07, 6.45) is 7.62. The van der Waals surface area contributed by atoms with Gasteiger partial charge in [-0.05, 0) is 87.3 Å². The third-order valence-electron chi connectivity index (χ3n) is 8.09. The van der Waals surface area contributed by atoms with Crippen molar-refractivity contribution < 1.29 is 4.79 Å². The quantitative estimate of drug-likeness (QED) is 0.303. The highest BCUT2D eigenvalue weighted by Gasteiger charge is 2.22. The van der Waals surface area contributed by atoms with Gasteiger partial charge >= 0.3 is 0 Å². The van der Waals surface area contributed by atoms with E-state index in [1.165, 1.54) is 0 Å². The zero-order chi connectivity index (χ0) is 28.8. The number of likely N-dealkylation sites (tertiary alicyclic amines) is 1. The molecule has 0 radical (unpaired) electrons. The third kappa shape index (κ3) is 4.44. The molecule has 0 unspecified atom stereocenters. The maximum absolute atomic E-state index is 12.4. The molecule has 5 heterocycles. The van der Waals surface area contributed by atoms with Crippen LogP contribution in [0.2, 0.25) is 0 Å². The van der Waals surface area contributed by atoms with Crippen molar-refractivity contribution in [1.29, 1.82) is 5.26 Å². The Bertz CT molecular complexity index is 1990. The van der Waals surface area contributed by atoms with Gasteiger partial charge in [-0.2, -0.15) is 5.26 Å². The molecular weight excluding hydrogens is 526 g/mol. The number of benzene rings is 2. The lowest BCUT2D eigenvalue weighted by Crippen LogP contribution is -2.31. The van der Waals surface area contributed by atoms with Crippen molar-refractivity contribution in [3.8, 4) is 22.9 Å². The Morgan fingerprint density at radius 1 is 1.00 bits per heavy atom. The van der Waals surface area contributed by atoms with E-state index in [1.807, 2.05) is 73.0 Å². The average molecular weight is 556 g/mol. The molecular formula is C32H29N9O. The maximum Gasteiger partial charge on any atom is 0.241 e. The first-order valence-electron chi connectivity index (χ1n) is 14.0. The van der Waals surface area contributed by atoms with Crippen LogP contribution < -0.4 is 5.32 Å². The Labute approximate surface area is 242 Å². The Morgan fingerprint density at radius 3 is 2.52 bits per heavy atom. The molecule has 7 rings (SSSR count). The molecule has 10 heteroatoms. The van der Waals surface area contributed by atoms with Crippen LogP contribution >= 0.6 is 0 Å². The van der Waals surface area contributed by atoms with Gasteiger partial charge in [0.25, 0.3) is 0 Å². The summed E-state index contributed by atoms with van der Waals surface area (Å²) >= 11 is 0. The lowest BCUT2D eigenvalue weighted by Gasteiger charge is -2.16. The van der Waals surface area contributed by atoms with Gasteiger partial charge < -0.3 is 5.32 Å². The van der Waals surface area contributed by atoms with Gasteiger partial charge in [0.2, 0.25) is 11.7 Å². The number of carbonyl (C=O) groups excluding carboxylic acids is 1. The summed E-state index contributed by atoms with van der Waals surface area (Å²) in [5, 5.41) is 22.0. The minimum atomic E-state index is -0.590. The molecule has 1 amide bonds. The Morgan fingerprint density at radius 2 is 1.79 bits per heavy atom. The first kappa shape index (κ1) is 25.8. The van der Waals surface area contributed by atoms with Crippen LogP contribution in [-0.2, 0) is 10.2 Å². The van der Waals surface area contributed by atoms with Gasteiger partial charge in [0.15, 0.2) is 0 Å². The van der Waals surface area contributed by atoms with E-state index in [4.69, 9.17) is 4.98 Å². The van der Waals surface area contributed by atoms with Crippen molar-refractivity contribution in [3.63, 3.8) is 0 Å². The lowest BCUT2D eigenvalue weighted by atomic mass is 9.86. The molecule has 1 aliphatic heterocycles. The van der Waals surface area contributed by atoms with Gasteiger partial charge in [-0.1, -0.05) is 18.2 Å². The fourth-order valence-electron chi connectivity index (χ4n) is 5.71. The number of pyridine rings is 2.